The molecule has 0 aliphatic rings. The largest absolute Gasteiger partial charge is 0.312 e. The minimum Gasteiger partial charge on any atom is -0.312 e. The third-order valence-electron chi connectivity index (χ3n) is 2.23. The molecule has 0 bridgehead atoms. The zero-order valence-corrected chi connectivity index (χ0v) is 8.34. The van der Waals surface area contributed by atoms with Gasteiger partial charge in [0.1, 0.15) is 5.82 Å². The van der Waals surface area contributed by atoms with Crippen LogP contribution < -0.4 is 5.32 Å². The van der Waals surface area contributed by atoms with Crippen LogP contribution in [0.1, 0.15) is 23.6 Å². The van der Waals surface area contributed by atoms with Crippen molar-refractivity contribution in [2.45, 2.75) is 19.4 Å². The SMILES string of the molecule is CNC(CC#N)c1ccc(F)c(C)c1. The molecule has 1 aromatic carbocycles. The van der Waals surface area contributed by atoms with E-state index in [1.165, 1.54) is 6.07 Å². The Morgan fingerprint density at radius 3 is 2.79 bits per heavy atom. The van der Waals surface area contributed by atoms with E-state index in [-0.39, 0.29) is 11.9 Å². The lowest BCUT2D eigenvalue weighted by atomic mass is 10.0. The monoisotopic (exact) mass is 192 g/mol. The van der Waals surface area contributed by atoms with Gasteiger partial charge in [0.25, 0.3) is 0 Å². The maximum Gasteiger partial charge on any atom is 0.126 e. The van der Waals surface area contributed by atoms with Crippen LogP contribution in [0.5, 0.6) is 0 Å². The molecule has 14 heavy (non-hydrogen) atoms. The van der Waals surface area contributed by atoms with Crippen LogP contribution in [0.3, 0.4) is 0 Å². The number of nitrogens with one attached hydrogen (secondary N) is 1. The molecule has 0 aromatic heterocycles. The van der Waals surface area contributed by atoms with Gasteiger partial charge >= 0.3 is 0 Å². The van der Waals surface area contributed by atoms with Crippen molar-refractivity contribution in [1.29, 1.82) is 5.26 Å². The van der Waals surface area contributed by atoms with Crippen molar-refractivity contribution in [3.8, 4) is 6.07 Å². The molecular formula is C11H13FN2. The summed E-state index contributed by atoms with van der Waals surface area (Å²) in [5.74, 6) is -0.208. The van der Waals surface area contributed by atoms with Gasteiger partial charge in [-0.25, -0.2) is 4.39 Å². The van der Waals surface area contributed by atoms with E-state index < -0.39 is 0 Å². The lowest BCUT2D eigenvalue weighted by Crippen LogP contribution is -2.15. The average molecular weight is 192 g/mol. The van der Waals surface area contributed by atoms with E-state index in [4.69, 9.17) is 5.26 Å². The molecule has 74 valence electrons. The Hall–Kier alpha value is -1.40. The van der Waals surface area contributed by atoms with Gasteiger partial charge in [0.15, 0.2) is 0 Å². The summed E-state index contributed by atoms with van der Waals surface area (Å²) in [5.41, 5.74) is 1.56. The fourth-order valence-corrected chi connectivity index (χ4v) is 1.36. The molecule has 3 heteroatoms. The zero-order valence-electron chi connectivity index (χ0n) is 8.34. The normalized spacial score (nSPS) is 12.1. The van der Waals surface area contributed by atoms with Gasteiger partial charge in [-0.15, -0.1) is 0 Å². The first kappa shape index (κ1) is 10.7. The van der Waals surface area contributed by atoms with E-state index in [0.29, 0.717) is 12.0 Å². The number of rotatable bonds is 3. The smallest absolute Gasteiger partial charge is 0.126 e. The summed E-state index contributed by atoms with van der Waals surface area (Å²) in [6.45, 7) is 1.72. The number of hydrogen-bond acceptors (Lipinski definition) is 2. The molecule has 1 atom stereocenters. The molecule has 1 N–H and O–H groups in total. The Balaban J connectivity index is 2.95. The van der Waals surface area contributed by atoms with Gasteiger partial charge in [-0.2, -0.15) is 5.26 Å². The minimum absolute atomic E-state index is 0.0145. The first-order valence-corrected chi connectivity index (χ1v) is 4.49. The Bertz CT molecular complexity index is 355. The standard InChI is InChI=1S/C11H13FN2/c1-8-7-9(3-4-10(8)12)11(14-2)5-6-13/h3-4,7,11,14H,5H2,1-2H3. The zero-order chi connectivity index (χ0) is 10.6. The summed E-state index contributed by atoms with van der Waals surface area (Å²) in [4.78, 5) is 0. The molecule has 2 nitrogen and oxygen atoms in total. The Morgan fingerprint density at radius 2 is 2.29 bits per heavy atom. The molecule has 0 fully saturated rings. The van der Waals surface area contributed by atoms with Crippen molar-refractivity contribution >= 4 is 0 Å². The van der Waals surface area contributed by atoms with Crippen LogP contribution in [0.15, 0.2) is 18.2 Å². The number of nitriles is 1. The third-order valence-corrected chi connectivity index (χ3v) is 2.23. The summed E-state index contributed by atoms with van der Waals surface area (Å²) in [7, 11) is 1.79. The van der Waals surface area contributed by atoms with Crippen molar-refractivity contribution in [1.82, 2.24) is 5.32 Å². The molecule has 1 aromatic rings. The van der Waals surface area contributed by atoms with Gasteiger partial charge in [0, 0.05) is 6.04 Å². The van der Waals surface area contributed by atoms with Gasteiger partial charge in [-0.3, -0.25) is 0 Å². The molecule has 1 unspecified atom stereocenters. The highest BCUT2D eigenvalue weighted by Gasteiger charge is 2.09. The van der Waals surface area contributed by atoms with Gasteiger partial charge in [0.05, 0.1) is 12.5 Å². The van der Waals surface area contributed by atoms with E-state index in [0.717, 1.165) is 5.56 Å². The highest BCUT2D eigenvalue weighted by molar-refractivity contribution is 5.27. The number of halogens is 1. The Labute approximate surface area is 83.4 Å². The number of hydrogen-bond donors (Lipinski definition) is 1. The molecule has 0 spiro atoms. The summed E-state index contributed by atoms with van der Waals surface area (Å²) in [5, 5.41) is 11.6. The van der Waals surface area contributed by atoms with Crippen molar-refractivity contribution in [2.75, 3.05) is 7.05 Å². The first-order chi connectivity index (χ1) is 6.69. The molecule has 0 saturated heterocycles. The molecule has 1 rings (SSSR count). The fourth-order valence-electron chi connectivity index (χ4n) is 1.36. The maximum atomic E-state index is 13.0. The molecule has 0 heterocycles. The van der Waals surface area contributed by atoms with Crippen LogP contribution in [-0.4, -0.2) is 7.05 Å². The lowest BCUT2D eigenvalue weighted by Gasteiger charge is -2.13. The van der Waals surface area contributed by atoms with Crippen molar-refractivity contribution in [3.63, 3.8) is 0 Å². The van der Waals surface area contributed by atoms with E-state index in [9.17, 15) is 4.39 Å². The van der Waals surface area contributed by atoms with Crippen LogP contribution in [0.2, 0.25) is 0 Å². The second-order valence-corrected chi connectivity index (χ2v) is 3.21. The number of nitrogens with zero attached hydrogens (tertiary/aromatic N) is 1. The first-order valence-electron chi connectivity index (χ1n) is 4.49. The van der Waals surface area contributed by atoms with E-state index in [2.05, 4.69) is 11.4 Å². The van der Waals surface area contributed by atoms with E-state index in [1.807, 2.05) is 0 Å². The molecule has 0 aliphatic carbocycles. The van der Waals surface area contributed by atoms with E-state index in [1.54, 1.807) is 26.1 Å². The summed E-state index contributed by atoms with van der Waals surface area (Å²) in [6.07, 6.45) is 0.390. The lowest BCUT2D eigenvalue weighted by molar-refractivity contribution is 0.594. The number of aryl methyl sites for hydroxylation is 1. The Kier molecular flexibility index (Phi) is 3.61. The van der Waals surface area contributed by atoms with Gasteiger partial charge < -0.3 is 5.32 Å². The van der Waals surface area contributed by atoms with Gasteiger partial charge in [-0.05, 0) is 31.2 Å². The Morgan fingerprint density at radius 1 is 1.57 bits per heavy atom. The van der Waals surface area contributed by atoms with Crippen LogP contribution in [-0.2, 0) is 0 Å². The molecule has 0 radical (unpaired) electrons. The topological polar surface area (TPSA) is 35.8 Å². The second kappa shape index (κ2) is 4.73. The number of benzene rings is 1. The summed E-state index contributed by atoms with van der Waals surface area (Å²) >= 11 is 0. The van der Waals surface area contributed by atoms with Crippen molar-refractivity contribution in [2.24, 2.45) is 0 Å². The van der Waals surface area contributed by atoms with Crippen LogP contribution in [0.25, 0.3) is 0 Å². The predicted octanol–water partition coefficient (Wildman–Crippen LogP) is 2.31. The fraction of sp³-hybridized carbons (Fsp3) is 0.364. The van der Waals surface area contributed by atoms with Crippen LogP contribution >= 0.6 is 0 Å². The van der Waals surface area contributed by atoms with Crippen LogP contribution in [0.4, 0.5) is 4.39 Å². The summed E-state index contributed by atoms with van der Waals surface area (Å²) in [6, 6.07) is 7.00. The second-order valence-electron chi connectivity index (χ2n) is 3.21. The average Bonchev–Trinajstić information content (AvgIpc) is 2.19. The van der Waals surface area contributed by atoms with E-state index >= 15 is 0 Å². The highest BCUT2D eigenvalue weighted by Crippen LogP contribution is 2.18. The minimum atomic E-state index is -0.208. The van der Waals surface area contributed by atoms with Crippen LogP contribution in [0, 0.1) is 24.1 Å². The van der Waals surface area contributed by atoms with Gasteiger partial charge in [0.2, 0.25) is 0 Å². The maximum absolute atomic E-state index is 13.0. The molecule has 0 saturated carbocycles. The van der Waals surface area contributed by atoms with Gasteiger partial charge in [-0.1, -0.05) is 12.1 Å². The van der Waals surface area contributed by atoms with Crippen molar-refractivity contribution < 1.29 is 4.39 Å². The molecule has 0 aliphatic heterocycles. The molecule has 0 amide bonds. The molecular weight excluding hydrogens is 179 g/mol. The summed E-state index contributed by atoms with van der Waals surface area (Å²) < 4.78 is 13.0. The predicted molar refractivity (Wildman–Crippen MR) is 53.2 cm³/mol. The quantitative estimate of drug-likeness (QED) is 0.797. The third kappa shape index (κ3) is 2.30. The highest BCUT2D eigenvalue weighted by atomic mass is 19.1. The van der Waals surface area contributed by atoms with Crippen molar-refractivity contribution in [3.05, 3.63) is 35.1 Å².